The van der Waals surface area contributed by atoms with Crippen LogP contribution in [0, 0.1) is 0 Å². The molecule has 1 aromatic rings. The molecule has 3 nitrogen and oxygen atoms in total. The van der Waals surface area contributed by atoms with E-state index < -0.39 is 12.0 Å². The Morgan fingerprint density at radius 2 is 2.08 bits per heavy atom. The van der Waals surface area contributed by atoms with Crippen molar-refractivity contribution in [3.05, 3.63) is 11.6 Å². The van der Waals surface area contributed by atoms with Gasteiger partial charge in [-0.2, -0.15) is 23.0 Å². The van der Waals surface area contributed by atoms with Gasteiger partial charge in [-0.05, 0) is 4.98 Å². The number of hydrogen-bond acceptors (Lipinski definition) is 1. The molecule has 0 fully saturated rings. The highest BCUT2D eigenvalue weighted by atomic mass is 19.4. The van der Waals surface area contributed by atoms with Gasteiger partial charge >= 0.3 is 12.0 Å². The topological polar surface area (TPSA) is 32.6 Å². The highest BCUT2D eigenvalue weighted by Gasteiger charge is 2.45. The molecule has 1 aromatic heterocycles. The molecule has 0 aliphatic heterocycles. The lowest BCUT2D eigenvalue weighted by Crippen LogP contribution is -2.38. The van der Waals surface area contributed by atoms with E-state index >= 15 is 0 Å². The minimum absolute atomic E-state index is 0.338. The lowest BCUT2D eigenvalue weighted by molar-refractivity contribution is -0.745. The molecular weight excluding hydrogens is 171 g/mol. The highest BCUT2D eigenvalue weighted by Crippen LogP contribution is 2.24. The molecule has 68 valence electrons. The first-order chi connectivity index (χ1) is 5.45. The maximum atomic E-state index is 12.1. The third-order valence-corrected chi connectivity index (χ3v) is 1.44. The van der Waals surface area contributed by atoms with E-state index in [9.17, 15) is 13.2 Å². The Bertz CT molecular complexity index is 276. The second kappa shape index (κ2) is 2.76. The third-order valence-electron chi connectivity index (χ3n) is 1.44. The van der Waals surface area contributed by atoms with Crippen LogP contribution in [0.25, 0.3) is 0 Å². The van der Waals surface area contributed by atoms with E-state index in [1.807, 2.05) is 0 Å². The van der Waals surface area contributed by atoms with E-state index in [-0.39, 0.29) is 0 Å². The molecule has 0 spiro atoms. The van der Waals surface area contributed by atoms with Gasteiger partial charge in [-0.25, -0.2) is 0 Å². The van der Waals surface area contributed by atoms with Crippen molar-refractivity contribution >= 4 is 0 Å². The average molecular weight is 180 g/mol. The standard InChI is InChI=1S/C6H8F3N3/c1-3-4-10-5(6(7,8)9)12(2)11-4/h3H2,1-2H3/p+1. The molecule has 0 atom stereocenters. The second-order valence-electron chi connectivity index (χ2n) is 2.40. The van der Waals surface area contributed by atoms with Crippen LogP contribution in [-0.4, -0.2) is 10.1 Å². The number of aromatic amines is 1. The van der Waals surface area contributed by atoms with E-state index in [0.29, 0.717) is 12.2 Å². The predicted octanol–water partition coefficient (Wildman–Crippen LogP) is 0.815. The van der Waals surface area contributed by atoms with Crippen molar-refractivity contribution in [3.8, 4) is 0 Å². The van der Waals surface area contributed by atoms with Gasteiger partial charge in [0.15, 0.2) is 0 Å². The van der Waals surface area contributed by atoms with Crippen molar-refractivity contribution in [2.45, 2.75) is 19.5 Å². The molecule has 1 N–H and O–H groups in total. The van der Waals surface area contributed by atoms with Crippen LogP contribution in [-0.2, 0) is 19.6 Å². The largest absolute Gasteiger partial charge is 0.501 e. The number of H-pyrrole nitrogens is 1. The van der Waals surface area contributed by atoms with Gasteiger partial charge in [0.1, 0.15) is 7.05 Å². The molecule has 0 saturated heterocycles. The Hall–Kier alpha value is -1.07. The molecule has 12 heavy (non-hydrogen) atoms. The van der Waals surface area contributed by atoms with Gasteiger partial charge < -0.3 is 0 Å². The number of nitrogens with zero attached hydrogens (tertiary/aromatic N) is 2. The summed E-state index contributed by atoms with van der Waals surface area (Å²) in [7, 11) is 1.29. The van der Waals surface area contributed by atoms with Crippen LogP contribution in [0.15, 0.2) is 0 Å². The van der Waals surface area contributed by atoms with Crippen LogP contribution in [0.5, 0.6) is 0 Å². The number of halogens is 3. The van der Waals surface area contributed by atoms with Gasteiger partial charge in [0.25, 0.3) is 5.82 Å². The fraction of sp³-hybridized carbons (Fsp3) is 0.667. The zero-order valence-electron chi connectivity index (χ0n) is 6.74. The minimum Gasteiger partial charge on any atom is -0.191 e. The van der Waals surface area contributed by atoms with Crippen molar-refractivity contribution in [3.63, 3.8) is 0 Å². The summed E-state index contributed by atoms with van der Waals surface area (Å²) in [6.45, 7) is 1.74. The SMILES string of the molecule is CCc1nc(C(F)(F)F)[n+](C)[nH]1. The van der Waals surface area contributed by atoms with Crippen molar-refractivity contribution in [2.24, 2.45) is 7.05 Å². The van der Waals surface area contributed by atoms with Crippen molar-refractivity contribution in [1.82, 2.24) is 10.1 Å². The third kappa shape index (κ3) is 1.57. The minimum atomic E-state index is -4.38. The molecule has 0 aliphatic carbocycles. The Morgan fingerprint density at radius 1 is 1.50 bits per heavy atom. The second-order valence-corrected chi connectivity index (χ2v) is 2.40. The normalized spacial score (nSPS) is 12.1. The summed E-state index contributed by atoms with van der Waals surface area (Å²) in [4.78, 5) is 3.38. The first-order valence-electron chi connectivity index (χ1n) is 3.47. The lowest BCUT2D eigenvalue weighted by atomic mass is 10.5. The fourth-order valence-corrected chi connectivity index (χ4v) is 0.886. The van der Waals surface area contributed by atoms with Crippen molar-refractivity contribution < 1.29 is 17.9 Å². The first kappa shape index (κ1) is 9.02. The zero-order valence-corrected chi connectivity index (χ0v) is 6.74. The van der Waals surface area contributed by atoms with Gasteiger partial charge in [0, 0.05) is 6.42 Å². The van der Waals surface area contributed by atoms with Crippen LogP contribution in [0.2, 0.25) is 0 Å². The number of aromatic nitrogens is 3. The van der Waals surface area contributed by atoms with Crippen molar-refractivity contribution in [1.29, 1.82) is 0 Å². The van der Waals surface area contributed by atoms with Gasteiger partial charge in [0.2, 0.25) is 0 Å². The molecule has 0 amide bonds. The van der Waals surface area contributed by atoms with Crippen LogP contribution in [0.1, 0.15) is 18.6 Å². The molecule has 6 heteroatoms. The van der Waals surface area contributed by atoms with Crippen molar-refractivity contribution in [2.75, 3.05) is 0 Å². The molecular formula is C6H9F3N3+. The van der Waals surface area contributed by atoms with E-state index in [4.69, 9.17) is 0 Å². The van der Waals surface area contributed by atoms with Crippen LogP contribution >= 0.6 is 0 Å². The van der Waals surface area contributed by atoms with Crippen LogP contribution in [0.4, 0.5) is 13.2 Å². The average Bonchev–Trinajstić information content (AvgIpc) is 2.29. The monoisotopic (exact) mass is 180 g/mol. The van der Waals surface area contributed by atoms with Crippen LogP contribution < -0.4 is 4.68 Å². The summed E-state index contributed by atoms with van der Waals surface area (Å²) in [5.74, 6) is -0.552. The maximum Gasteiger partial charge on any atom is 0.501 e. The van der Waals surface area contributed by atoms with E-state index in [0.717, 1.165) is 4.68 Å². The molecule has 0 radical (unpaired) electrons. The quantitative estimate of drug-likeness (QED) is 0.637. The Balaban J connectivity index is 3.08. The van der Waals surface area contributed by atoms with Gasteiger partial charge in [-0.1, -0.05) is 6.92 Å². The smallest absolute Gasteiger partial charge is 0.191 e. The number of nitrogens with one attached hydrogen (secondary N) is 1. The first-order valence-corrected chi connectivity index (χ1v) is 3.47. The number of hydrogen-bond donors (Lipinski definition) is 1. The predicted molar refractivity (Wildman–Crippen MR) is 34.1 cm³/mol. The Morgan fingerprint density at radius 3 is 2.33 bits per heavy atom. The Labute approximate surface area is 67.2 Å². The fourth-order valence-electron chi connectivity index (χ4n) is 0.886. The van der Waals surface area contributed by atoms with Gasteiger partial charge in [0.05, 0.1) is 0 Å². The molecule has 1 rings (SSSR count). The summed E-state index contributed by atoms with van der Waals surface area (Å²) in [5.41, 5.74) is 0. The molecule has 0 saturated carbocycles. The molecule has 1 heterocycles. The summed E-state index contributed by atoms with van der Waals surface area (Å²) in [5, 5.41) is 2.49. The van der Waals surface area contributed by atoms with Gasteiger partial charge in [-0.15, -0.1) is 0 Å². The molecule has 0 bridgehead atoms. The van der Waals surface area contributed by atoms with Crippen LogP contribution in [0.3, 0.4) is 0 Å². The Kier molecular flexibility index (Phi) is 2.08. The molecule has 0 aromatic carbocycles. The molecule has 0 unspecified atom stereocenters. The number of rotatable bonds is 1. The summed E-state index contributed by atoms with van der Waals surface area (Å²) in [6.07, 6.45) is -3.91. The van der Waals surface area contributed by atoms with E-state index in [1.165, 1.54) is 7.05 Å². The summed E-state index contributed by atoms with van der Waals surface area (Å²) in [6, 6.07) is 0. The van der Waals surface area contributed by atoms with E-state index in [1.54, 1.807) is 6.92 Å². The summed E-state index contributed by atoms with van der Waals surface area (Å²) >= 11 is 0. The highest BCUT2D eigenvalue weighted by molar-refractivity contribution is 4.87. The zero-order chi connectivity index (χ0) is 9.35. The molecule has 0 aliphatic rings. The number of aryl methyl sites for hydroxylation is 2. The van der Waals surface area contributed by atoms with E-state index in [2.05, 4.69) is 10.1 Å². The summed E-state index contributed by atoms with van der Waals surface area (Å²) < 4.78 is 37.2. The van der Waals surface area contributed by atoms with Gasteiger partial charge in [-0.3, -0.25) is 0 Å². The maximum absolute atomic E-state index is 12.1. The number of alkyl halides is 3. The lowest BCUT2D eigenvalue weighted by Gasteiger charge is -1.94.